The second-order valence-electron chi connectivity index (χ2n) is 3.62. The van der Waals surface area contributed by atoms with E-state index in [4.69, 9.17) is 11.6 Å². The molecule has 0 aliphatic heterocycles. The SMILES string of the molecule is CC(Nc1ccnn1C)c1ccnc(Cl)c1. The highest BCUT2D eigenvalue weighted by atomic mass is 35.5. The van der Waals surface area contributed by atoms with Crippen LogP contribution in [0.3, 0.4) is 0 Å². The molecule has 4 nitrogen and oxygen atoms in total. The Kier molecular flexibility index (Phi) is 3.10. The van der Waals surface area contributed by atoms with Crippen molar-refractivity contribution in [2.75, 3.05) is 5.32 Å². The Balaban J connectivity index is 2.14. The summed E-state index contributed by atoms with van der Waals surface area (Å²) in [6, 6.07) is 5.89. The molecule has 0 fully saturated rings. The van der Waals surface area contributed by atoms with Crippen LogP contribution in [0, 0.1) is 0 Å². The number of hydrogen-bond acceptors (Lipinski definition) is 3. The summed E-state index contributed by atoms with van der Waals surface area (Å²) in [6.07, 6.45) is 3.47. The second kappa shape index (κ2) is 4.53. The van der Waals surface area contributed by atoms with Crippen LogP contribution >= 0.6 is 11.6 Å². The monoisotopic (exact) mass is 236 g/mol. The van der Waals surface area contributed by atoms with Gasteiger partial charge in [-0.1, -0.05) is 11.6 Å². The highest BCUT2D eigenvalue weighted by Crippen LogP contribution is 2.19. The van der Waals surface area contributed by atoms with Crippen molar-refractivity contribution in [3.63, 3.8) is 0 Å². The fraction of sp³-hybridized carbons (Fsp3) is 0.273. The van der Waals surface area contributed by atoms with Gasteiger partial charge in [-0.3, -0.25) is 4.68 Å². The molecule has 0 saturated carbocycles. The first-order valence-electron chi connectivity index (χ1n) is 5.03. The molecule has 0 saturated heterocycles. The standard InChI is InChI=1S/C11H13ClN4/c1-8(9-3-5-13-10(12)7-9)15-11-4-6-14-16(11)2/h3-8,15H,1-2H3. The molecular formula is C11H13ClN4. The maximum absolute atomic E-state index is 5.85. The van der Waals surface area contributed by atoms with E-state index in [1.165, 1.54) is 0 Å². The number of nitrogens with one attached hydrogen (secondary N) is 1. The summed E-state index contributed by atoms with van der Waals surface area (Å²) >= 11 is 5.85. The molecule has 1 atom stereocenters. The molecule has 84 valence electrons. The van der Waals surface area contributed by atoms with Gasteiger partial charge in [0.25, 0.3) is 0 Å². The second-order valence-corrected chi connectivity index (χ2v) is 4.01. The third-order valence-corrected chi connectivity index (χ3v) is 2.64. The fourth-order valence-corrected chi connectivity index (χ4v) is 1.69. The molecule has 16 heavy (non-hydrogen) atoms. The van der Waals surface area contributed by atoms with E-state index in [-0.39, 0.29) is 6.04 Å². The molecule has 5 heteroatoms. The summed E-state index contributed by atoms with van der Waals surface area (Å²) in [5.41, 5.74) is 1.10. The van der Waals surface area contributed by atoms with Crippen molar-refractivity contribution in [3.8, 4) is 0 Å². The van der Waals surface area contributed by atoms with Crippen molar-refractivity contribution in [3.05, 3.63) is 41.3 Å². The molecule has 2 aromatic rings. The largest absolute Gasteiger partial charge is 0.364 e. The number of aromatic nitrogens is 3. The Morgan fingerprint density at radius 1 is 1.38 bits per heavy atom. The molecule has 2 heterocycles. The molecule has 0 aliphatic rings. The van der Waals surface area contributed by atoms with Gasteiger partial charge in [0.05, 0.1) is 12.2 Å². The molecule has 0 spiro atoms. The van der Waals surface area contributed by atoms with Crippen molar-refractivity contribution < 1.29 is 0 Å². The van der Waals surface area contributed by atoms with Crippen molar-refractivity contribution >= 4 is 17.4 Å². The normalized spacial score (nSPS) is 12.4. The first-order chi connectivity index (χ1) is 7.66. The Hall–Kier alpha value is -1.55. The number of nitrogens with zero attached hydrogens (tertiary/aromatic N) is 3. The molecule has 1 unspecified atom stereocenters. The Morgan fingerprint density at radius 2 is 2.19 bits per heavy atom. The quantitative estimate of drug-likeness (QED) is 0.834. The molecule has 1 N–H and O–H groups in total. The average Bonchev–Trinajstić information content (AvgIpc) is 2.64. The van der Waals surface area contributed by atoms with Crippen LogP contribution in [-0.2, 0) is 7.05 Å². The van der Waals surface area contributed by atoms with E-state index in [1.54, 1.807) is 17.1 Å². The maximum atomic E-state index is 5.85. The van der Waals surface area contributed by atoms with E-state index in [0.29, 0.717) is 5.15 Å². The summed E-state index contributed by atoms with van der Waals surface area (Å²) < 4.78 is 1.79. The van der Waals surface area contributed by atoms with Gasteiger partial charge in [0.15, 0.2) is 0 Å². The van der Waals surface area contributed by atoms with Crippen molar-refractivity contribution in [2.24, 2.45) is 7.05 Å². The summed E-state index contributed by atoms with van der Waals surface area (Å²) in [7, 11) is 1.90. The van der Waals surface area contributed by atoms with E-state index >= 15 is 0 Å². The summed E-state index contributed by atoms with van der Waals surface area (Å²) in [6.45, 7) is 2.07. The Labute approximate surface area is 99.3 Å². The minimum absolute atomic E-state index is 0.163. The van der Waals surface area contributed by atoms with Gasteiger partial charge >= 0.3 is 0 Å². The highest BCUT2D eigenvalue weighted by molar-refractivity contribution is 6.29. The van der Waals surface area contributed by atoms with Gasteiger partial charge in [0.2, 0.25) is 0 Å². The molecule has 0 bridgehead atoms. The van der Waals surface area contributed by atoms with Crippen LogP contribution in [0.4, 0.5) is 5.82 Å². The number of hydrogen-bond donors (Lipinski definition) is 1. The van der Waals surface area contributed by atoms with Gasteiger partial charge in [-0.2, -0.15) is 5.10 Å². The predicted octanol–water partition coefficient (Wildman–Crippen LogP) is 2.64. The van der Waals surface area contributed by atoms with Gasteiger partial charge in [-0.25, -0.2) is 4.98 Å². The third-order valence-electron chi connectivity index (χ3n) is 2.44. The van der Waals surface area contributed by atoms with Crippen LogP contribution in [-0.4, -0.2) is 14.8 Å². The molecular weight excluding hydrogens is 224 g/mol. The first-order valence-corrected chi connectivity index (χ1v) is 5.40. The summed E-state index contributed by atoms with van der Waals surface area (Å²) in [5.74, 6) is 0.973. The zero-order valence-electron chi connectivity index (χ0n) is 9.18. The lowest BCUT2D eigenvalue weighted by molar-refractivity contribution is 0.750. The Bertz CT molecular complexity index is 480. The van der Waals surface area contributed by atoms with E-state index in [9.17, 15) is 0 Å². The number of aryl methyl sites for hydroxylation is 1. The minimum Gasteiger partial charge on any atom is -0.364 e. The molecule has 0 amide bonds. The van der Waals surface area contributed by atoms with Gasteiger partial charge < -0.3 is 5.32 Å². The van der Waals surface area contributed by atoms with Gasteiger partial charge in [-0.05, 0) is 24.6 Å². The van der Waals surface area contributed by atoms with Crippen LogP contribution in [0.1, 0.15) is 18.5 Å². The highest BCUT2D eigenvalue weighted by Gasteiger charge is 2.07. The third kappa shape index (κ3) is 2.33. The maximum Gasteiger partial charge on any atom is 0.129 e. The summed E-state index contributed by atoms with van der Waals surface area (Å²) in [5, 5.41) is 7.95. The molecule has 0 aliphatic carbocycles. The average molecular weight is 237 g/mol. The summed E-state index contributed by atoms with van der Waals surface area (Å²) in [4.78, 5) is 3.96. The van der Waals surface area contributed by atoms with E-state index in [1.807, 2.05) is 25.2 Å². The van der Waals surface area contributed by atoms with Crippen LogP contribution in [0.15, 0.2) is 30.6 Å². The van der Waals surface area contributed by atoms with E-state index in [2.05, 4.69) is 22.3 Å². The van der Waals surface area contributed by atoms with Crippen LogP contribution in [0.25, 0.3) is 0 Å². The zero-order valence-corrected chi connectivity index (χ0v) is 9.94. The smallest absolute Gasteiger partial charge is 0.129 e. The molecule has 0 aromatic carbocycles. The topological polar surface area (TPSA) is 42.7 Å². The van der Waals surface area contributed by atoms with Crippen LogP contribution in [0.5, 0.6) is 0 Å². The molecule has 2 aromatic heterocycles. The zero-order chi connectivity index (χ0) is 11.5. The van der Waals surface area contributed by atoms with E-state index in [0.717, 1.165) is 11.4 Å². The molecule has 0 radical (unpaired) electrons. The fourth-order valence-electron chi connectivity index (χ4n) is 1.51. The van der Waals surface area contributed by atoms with Crippen molar-refractivity contribution in [2.45, 2.75) is 13.0 Å². The lowest BCUT2D eigenvalue weighted by atomic mass is 10.1. The van der Waals surface area contributed by atoms with Gasteiger partial charge in [-0.15, -0.1) is 0 Å². The lowest BCUT2D eigenvalue weighted by Crippen LogP contribution is -2.10. The lowest BCUT2D eigenvalue weighted by Gasteiger charge is -2.15. The van der Waals surface area contributed by atoms with Gasteiger partial charge in [0.1, 0.15) is 11.0 Å². The minimum atomic E-state index is 0.163. The Morgan fingerprint density at radius 3 is 2.81 bits per heavy atom. The van der Waals surface area contributed by atoms with Crippen LogP contribution in [0.2, 0.25) is 5.15 Å². The van der Waals surface area contributed by atoms with E-state index < -0.39 is 0 Å². The first kappa shape index (κ1) is 11.0. The van der Waals surface area contributed by atoms with Gasteiger partial charge in [0, 0.05) is 19.3 Å². The number of anilines is 1. The van der Waals surface area contributed by atoms with Crippen LogP contribution < -0.4 is 5.32 Å². The van der Waals surface area contributed by atoms with Crippen molar-refractivity contribution in [1.29, 1.82) is 0 Å². The van der Waals surface area contributed by atoms with Crippen molar-refractivity contribution in [1.82, 2.24) is 14.8 Å². The number of pyridine rings is 1. The predicted molar refractivity (Wildman–Crippen MR) is 64.5 cm³/mol. The number of rotatable bonds is 3. The molecule has 2 rings (SSSR count). The number of halogens is 1.